The minimum Gasteiger partial charge on any atom is -0.347 e. The monoisotopic (exact) mass is 326 g/mol. The van der Waals surface area contributed by atoms with Crippen LogP contribution < -0.4 is 5.32 Å². The second-order valence-corrected chi connectivity index (χ2v) is 6.20. The van der Waals surface area contributed by atoms with Crippen molar-refractivity contribution in [1.29, 1.82) is 0 Å². The summed E-state index contributed by atoms with van der Waals surface area (Å²) >= 11 is 0. The number of nitrogens with one attached hydrogen (secondary N) is 1. The summed E-state index contributed by atoms with van der Waals surface area (Å²) < 4.78 is 1.82. The van der Waals surface area contributed by atoms with Crippen LogP contribution in [0.5, 0.6) is 0 Å². The average molecular weight is 326 g/mol. The van der Waals surface area contributed by atoms with Crippen molar-refractivity contribution >= 4 is 11.8 Å². The Morgan fingerprint density at radius 3 is 2.75 bits per heavy atom. The van der Waals surface area contributed by atoms with Gasteiger partial charge in [0, 0.05) is 30.8 Å². The molecule has 2 heterocycles. The molecular weight excluding hydrogens is 304 g/mol. The number of hydrogen-bond donors (Lipinski definition) is 1. The van der Waals surface area contributed by atoms with Crippen LogP contribution in [0.25, 0.3) is 5.69 Å². The van der Waals surface area contributed by atoms with Crippen LogP contribution in [0.1, 0.15) is 35.1 Å². The van der Waals surface area contributed by atoms with Crippen LogP contribution in [-0.2, 0) is 4.79 Å². The summed E-state index contributed by atoms with van der Waals surface area (Å²) in [6, 6.07) is 9.24. The van der Waals surface area contributed by atoms with E-state index in [0.29, 0.717) is 25.1 Å². The molecule has 1 N–H and O–H groups in total. The number of amides is 2. The van der Waals surface area contributed by atoms with Gasteiger partial charge in [-0.25, -0.2) is 4.68 Å². The summed E-state index contributed by atoms with van der Waals surface area (Å²) in [5.74, 6) is -0.0617. The summed E-state index contributed by atoms with van der Waals surface area (Å²) in [6.07, 6.45) is 0.372. The van der Waals surface area contributed by atoms with E-state index < -0.39 is 0 Å². The van der Waals surface area contributed by atoms with Crippen molar-refractivity contribution in [2.45, 2.75) is 33.2 Å². The van der Waals surface area contributed by atoms with Gasteiger partial charge in [0.25, 0.3) is 5.91 Å². The smallest absolute Gasteiger partial charge is 0.251 e. The Morgan fingerprint density at radius 1 is 1.33 bits per heavy atom. The fraction of sp³-hybridized carbons (Fsp3) is 0.389. The Balaban J connectivity index is 1.76. The molecule has 1 aliphatic heterocycles. The van der Waals surface area contributed by atoms with Gasteiger partial charge in [-0.15, -0.1) is 0 Å². The van der Waals surface area contributed by atoms with Gasteiger partial charge < -0.3 is 10.2 Å². The SMILES string of the molecule is CCN1CC(NC(=O)c2cccc(-n3nc(C)cc3C)c2)CC1=O. The van der Waals surface area contributed by atoms with Crippen LogP contribution in [-0.4, -0.2) is 45.6 Å². The van der Waals surface area contributed by atoms with Gasteiger partial charge in [0.05, 0.1) is 17.4 Å². The molecular formula is C18H22N4O2. The molecule has 2 aromatic rings. The third kappa shape index (κ3) is 3.18. The summed E-state index contributed by atoms with van der Waals surface area (Å²) in [4.78, 5) is 26.0. The lowest BCUT2D eigenvalue weighted by atomic mass is 10.1. The predicted molar refractivity (Wildman–Crippen MR) is 91.2 cm³/mol. The number of rotatable bonds is 4. The van der Waals surface area contributed by atoms with E-state index in [2.05, 4.69) is 10.4 Å². The van der Waals surface area contributed by atoms with Gasteiger partial charge in [0.2, 0.25) is 5.91 Å². The maximum atomic E-state index is 12.5. The number of hydrogen-bond acceptors (Lipinski definition) is 3. The highest BCUT2D eigenvalue weighted by atomic mass is 16.2. The van der Waals surface area contributed by atoms with Crippen molar-refractivity contribution in [3.05, 3.63) is 47.3 Å². The normalized spacial score (nSPS) is 17.4. The maximum absolute atomic E-state index is 12.5. The van der Waals surface area contributed by atoms with Crippen molar-refractivity contribution < 1.29 is 9.59 Å². The molecule has 1 unspecified atom stereocenters. The number of likely N-dealkylation sites (N-methyl/N-ethyl adjacent to an activating group) is 1. The molecule has 6 heteroatoms. The Hall–Kier alpha value is -2.63. The van der Waals surface area contributed by atoms with E-state index in [-0.39, 0.29) is 17.9 Å². The van der Waals surface area contributed by atoms with E-state index in [4.69, 9.17) is 0 Å². The van der Waals surface area contributed by atoms with Crippen LogP contribution in [0.2, 0.25) is 0 Å². The van der Waals surface area contributed by atoms with E-state index in [0.717, 1.165) is 17.1 Å². The van der Waals surface area contributed by atoms with Gasteiger partial charge in [-0.2, -0.15) is 5.10 Å². The molecule has 1 fully saturated rings. The first-order valence-electron chi connectivity index (χ1n) is 8.20. The molecule has 0 saturated carbocycles. The summed E-state index contributed by atoms with van der Waals surface area (Å²) in [5.41, 5.74) is 3.38. The van der Waals surface area contributed by atoms with Crippen LogP contribution in [0, 0.1) is 13.8 Å². The van der Waals surface area contributed by atoms with E-state index >= 15 is 0 Å². The topological polar surface area (TPSA) is 67.2 Å². The Labute approximate surface area is 141 Å². The quantitative estimate of drug-likeness (QED) is 0.932. The highest BCUT2D eigenvalue weighted by Gasteiger charge is 2.29. The lowest BCUT2D eigenvalue weighted by Crippen LogP contribution is -2.37. The molecule has 0 bridgehead atoms. The lowest BCUT2D eigenvalue weighted by molar-refractivity contribution is -0.127. The Bertz CT molecular complexity index is 781. The first kappa shape index (κ1) is 16.2. The van der Waals surface area contributed by atoms with Gasteiger partial charge in [-0.05, 0) is 45.0 Å². The van der Waals surface area contributed by atoms with Gasteiger partial charge in [0.1, 0.15) is 0 Å². The molecule has 1 aliphatic rings. The van der Waals surface area contributed by atoms with Crippen LogP contribution in [0.4, 0.5) is 0 Å². The first-order chi connectivity index (χ1) is 11.5. The zero-order valence-electron chi connectivity index (χ0n) is 14.2. The van der Waals surface area contributed by atoms with Gasteiger partial charge in [-0.1, -0.05) is 6.07 Å². The zero-order chi connectivity index (χ0) is 17.3. The molecule has 0 radical (unpaired) electrons. The molecule has 1 aromatic carbocycles. The highest BCUT2D eigenvalue weighted by molar-refractivity contribution is 5.95. The zero-order valence-corrected chi connectivity index (χ0v) is 14.2. The molecule has 0 spiro atoms. The lowest BCUT2D eigenvalue weighted by Gasteiger charge is -2.15. The van der Waals surface area contributed by atoms with Crippen LogP contribution >= 0.6 is 0 Å². The van der Waals surface area contributed by atoms with E-state index in [1.807, 2.05) is 49.7 Å². The van der Waals surface area contributed by atoms with E-state index in [9.17, 15) is 9.59 Å². The number of likely N-dealkylation sites (tertiary alicyclic amines) is 1. The number of aromatic nitrogens is 2. The molecule has 0 aliphatic carbocycles. The van der Waals surface area contributed by atoms with Crippen LogP contribution in [0.3, 0.4) is 0 Å². The minimum atomic E-state index is -0.158. The maximum Gasteiger partial charge on any atom is 0.251 e. The number of nitrogens with zero attached hydrogens (tertiary/aromatic N) is 3. The molecule has 2 amide bonds. The molecule has 1 atom stereocenters. The van der Waals surface area contributed by atoms with Crippen molar-refractivity contribution in [2.75, 3.05) is 13.1 Å². The second kappa shape index (κ2) is 6.47. The molecule has 126 valence electrons. The third-order valence-electron chi connectivity index (χ3n) is 4.29. The van der Waals surface area contributed by atoms with Gasteiger partial charge >= 0.3 is 0 Å². The average Bonchev–Trinajstić information content (AvgIpc) is 3.08. The largest absolute Gasteiger partial charge is 0.347 e. The second-order valence-electron chi connectivity index (χ2n) is 6.20. The highest BCUT2D eigenvalue weighted by Crippen LogP contribution is 2.15. The summed E-state index contributed by atoms with van der Waals surface area (Å²) in [7, 11) is 0. The van der Waals surface area contributed by atoms with Crippen molar-refractivity contribution in [2.24, 2.45) is 0 Å². The molecule has 3 rings (SSSR count). The van der Waals surface area contributed by atoms with Crippen molar-refractivity contribution in [3.8, 4) is 5.69 Å². The fourth-order valence-corrected chi connectivity index (χ4v) is 3.11. The first-order valence-corrected chi connectivity index (χ1v) is 8.20. The van der Waals surface area contributed by atoms with Gasteiger partial charge in [0.15, 0.2) is 0 Å². The summed E-state index contributed by atoms with van der Waals surface area (Å²) in [6.45, 7) is 7.13. The Morgan fingerprint density at radius 2 is 2.12 bits per heavy atom. The summed E-state index contributed by atoms with van der Waals surface area (Å²) in [5, 5.41) is 7.41. The molecule has 24 heavy (non-hydrogen) atoms. The fourth-order valence-electron chi connectivity index (χ4n) is 3.11. The Kier molecular flexibility index (Phi) is 4.38. The minimum absolute atomic E-state index is 0.0965. The third-order valence-corrected chi connectivity index (χ3v) is 4.29. The van der Waals surface area contributed by atoms with E-state index in [1.54, 1.807) is 11.0 Å². The van der Waals surface area contributed by atoms with Crippen molar-refractivity contribution in [3.63, 3.8) is 0 Å². The number of carbonyl (C=O) groups is 2. The molecule has 6 nitrogen and oxygen atoms in total. The standard InChI is InChI=1S/C18H22N4O2/c1-4-21-11-15(10-17(21)23)19-18(24)14-6-5-7-16(9-14)22-13(3)8-12(2)20-22/h5-9,15H,4,10-11H2,1-3H3,(H,19,24). The van der Waals surface area contributed by atoms with Crippen LogP contribution in [0.15, 0.2) is 30.3 Å². The number of benzene rings is 1. The van der Waals surface area contributed by atoms with Gasteiger partial charge in [-0.3, -0.25) is 9.59 Å². The predicted octanol–water partition coefficient (Wildman–Crippen LogP) is 1.84. The van der Waals surface area contributed by atoms with E-state index in [1.165, 1.54) is 0 Å². The number of carbonyl (C=O) groups excluding carboxylic acids is 2. The number of aryl methyl sites for hydroxylation is 2. The molecule has 1 aromatic heterocycles. The van der Waals surface area contributed by atoms with Crippen molar-refractivity contribution in [1.82, 2.24) is 20.0 Å². The molecule has 1 saturated heterocycles.